The molecule has 0 bridgehead atoms. The fourth-order valence-corrected chi connectivity index (χ4v) is 4.75. The first-order chi connectivity index (χ1) is 16.6. The number of piperidine rings is 1. The van der Waals surface area contributed by atoms with Gasteiger partial charge in [-0.25, -0.2) is 4.79 Å². The van der Waals surface area contributed by atoms with Crippen molar-refractivity contribution in [2.75, 3.05) is 7.11 Å². The predicted molar refractivity (Wildman–Crippen MR) is 135 cm³/mol. The first-order valence-electron chi connectivity index (χ1n) is 12.6. The summed E-state index contributed by atoms with van der Waals surface area (Å²) in [5.41, 5.74) is 1.46. The molecule has 0 aliphatic carbocycles. The molecule has 0 radical (unpaired) electrons. The fourth-order valence-electron chi connectivity index (χ4n) is 4.75. The molecule has 1 fully saturated rings. The fraction of sp³-hybridized carbons (Fsp3) is 0.607. The molecule has 0 aromatic rings. The second-order valence-corrected chi connectivity index (χ2v) is 9.80. The third kappa shape index (κ3) is 9.22. The van der Waals surface area contributed by atoms with Crippen LogP contribution in [0.15, 0.2) is 48.2 Å². The molecule has 1 unspecified atom stereocenters. The number of hydrogen-bond acceptors (Lipinski definition) is 6. The Labute approximate surface area is 209 Å². The average Bonchev–Trinajstić information content (AvgIpc) is 2.79. The summed E-state index contributed by atoms with van der Waals surface area (Å²) in [4.78, 5) is 36.9. The minimum atomic E-state index is -0.894. The van der Waals surface area contributed by atoms with Crippen molar-refractivity contribution in [1.29, 1.82) is 0 Å². The number of allylic oxidation sites excluding steroid dienone is 4. The summed E-state index contributed by atoms with van der Waals surface area (Å²) in [5.74, 6) is -0.979. The zero-order valence-electron chi connectivity index (χ0n) is 21.5. The molecule has 7 nitrogen and oxygen atoms in total. The lowest BCUT2D eigenvalue weighted by molar-refractivity contribution is -0.146. The Morgan fingerprint density at radius 2 is 2.03 bits per heavy atom. The highest BCUT2D eigenvalue weighted by Crippen LogP contribution is 2.27. The maximum absolute atomic E-state index is 12.8. The van der Waals surface area contributed by atoms with Crippen LogP contribution in [0.5, 0.6) is 0 Å². The standard InChI is InChI=1S/C28H41NO6/c1-18(23(30)12-10-11-22-16-20(3)29-25(31)17-22)15-19(2)28-21(4)27(33)24(34-5)13-8-6-7-9-14-26(32)35-28/h8-9,13-15,18,21-22,24,27-28,33H,3,6-7,10-12,16-17H2,1-2,4-5H3,(H,29,31)/b13-8+,14-9+,19-15+/t18-,21-,22?,24-,27-,28-/m0/s1. The van der Waals surface area contributed by atoms with E-state index < -0.39 is 30.2 Å². The normalized spacial score (nSPS) is 31.4. The highest BCUT2D eigenvalue weighted by molar-refractivity contribution is 5.83. The number of esters is 1. The van der Waals surface area contributed by atoms with E-state index in [1.807, 2.05) is 39.0 Å². The molecule has 1 saturated heterocycles. The van der Waals surface area contributed by atoms with Crippen molar-refractivity contribution >= 4 is 17.7 Å². The van der Waals surface area contributed by atoms with Gasteiger partial charge in [0.2, 0.25) is 5.91 Å². The predicted octanol–water partition coefficient (Wildman–Crippen LogP) is 4.18. The van der Waals surface area contributed by atoms with Gasteiger partial charge in [-0.3, -0.25) is 9.59 Å². The lowest BCUT2D eigenvalue weighted by Gasteiger charge is -2.31. The molecule has 35 heavy (non-hydrogen) atoms. The molecule has 2 N–H and O–H groups in total. The maximum Gasteiger partial charge on any atom is 0.331 e. The highest BCUT2D eigenvalue weighted by atomic mass is 16.5. The van der Waals surface area contributed by atoms with Gasteiger partial charge < -0.3 is 19.9 Å². The Kier molecular flexibility index (Phi) is 11.6. The van der Waals surface area contributed by atoms with Crippen LogP contribution in [-0.2, 0) is 23.9 Å². The molecule has 2 heterocycles. The van der Waals surface area contributed by atoms with Crippen molar-refractivity contribution in [3.05, 3.63) is 48.2 Å². The number of ketones is 1. The summed E-state index contributed by atoms with van der Waals surface area (Å²) >= 11 is 0. The number of nitrogens with one attached hydrogen (secondary N) is 1. The van der Waals surface area contributed by atoms with Gasteiger partial charge in [-0.05, 0) is 50.5 Å². The van der Waals surface area contributed by atoms with Gasteiger partial charge in [0.15, 0.2) is 0 Å². The number of methoxy groups -OCH3 is 1. The Balaban J connectivity index is 2.05. The molecule has 1 amide bonds. The summed E-state index contributed by atoms with van der Waals surface area (Å²) in [6.45, 7) is 9.32. The Bertz CT molecular complexity index is 842. The smallest absolute Gasteiger partial charge is 0.331 e. The van der Waals surface area contributed by atoms with E-state index in [0.717, 1.165) is 30.5 Å². The number of ether oxygens (including phenoxy) is 2. The van der Waals surface area contributed by atoms with Crippen LogP contribution in [0.2, 0.25) is 0 Å². The molecule has 194 valence electrons. The topological polar surface area (TPSA) is 102 Å². The molecule has 2 aliphatic rings. The molecular weight excluding hydrogens is 446 g/mol. The summed E-state index contributed by atoms with van der Waals surface area (Å²) in [6.07, 6.45) is 11.2. The second-order valence-electron chi connectivity index (χ2n) is 9.80. The number of Topliss-reactive ketones (excluding diaryl/α,β-unsaturated/α-hetero) is 1. The quantitative estimate of drug-likeness (QED) is 0.393. The lowest BCUT2D eigenvalue weighted by Crippen LogP contribution is -2.41. The molecule has 2 rings (SSSR count). The Hall–Kier alpha value is -2.51. The van der Waals surface area contributed by atoms with E-state index in [9.17, 15) is 19.5 Å². The van der Waals surface area contributed by atoms with Gasteiger partial charge in [-0.15, -0.1) is 0 Å². The number of rotatable bonds is 8. The molecule has 0 saturated carbocycles. The molecule has 0 spiro atoms. The lowest BCUT2D eigenvalue weighted by atomic mass is 9.86. The van der Waals surface area contributed by atoms with Crippen LogP contribution in [0, 0.1) is 17.8 Å². The highest BCUT2D eigenvalue weighted by Gasteiger charge is 2.33. The minimum Gasteiger partial charge on any atom is -0.454 e. The van der Waals surface area contributed by atoms with Crippen LogP contribution in [-0.4, -0.2) is 48.2 Å². The van der Waals surface area contributed by atoms with Crippen LogP contribution in [0.1, 0.15) is 65.7 Å². The number of hydrogen-bond donors (Lipinski definition) is 2. The maximum atomic E-state index is 12.8. The summed E-state index contributed by atoms with van der Waals surface area (Å²) < 4.78 is 11.2. The van der Waals surface area contributed by atoms with E-state index in [4.69, 9.17) is 9.47 Å². The van der Waals surface area contributed by atoms with E-state index in [0.29, 0.717) is 25.7 Å². The monoisotopic (exact) mass is 487 g/mol. The second kappa shape index (κ2) is 14.1. The van der Waals surface area contributed by atoms with Crippen molar-refractivity contribution in [3.63, 3.8) is 0 Å². The van der Waals surface area contributed by atoms with Gasteiger partial charge in [-0.1, -0.05) is 44.7 Å². The molecule has 6 atom stereocenters. The number of carbonyl (C=O) groups excluding carboxylic acids is 3. The van der Waals surface area contributed by atoms with Crippen molar-refractivity contribution in [3.8, 4) is 0 Å². The van der Waals surface area contributed by atoms with Crippen molar-refractivity contribution in [1.82, 2.24) is 5.32 Å². The van der Waals surface area contributed by atoms with Crippen LogP contribution < -0.4 is 5.32 Å². The van der Waals surface area contributed by atoms with Crippen LogP contribution in [0.4, 0.5) is 0 Å². The first kappa shape index (κ1) is 28.7. The molecule has 7 heteroatoms. The van der Waals surface area contributed by atoms with Gasteiger partial charge in [0, 0.05) is 43.6 Å². The summed E-state index contributed by atoms with van der Waals surface area (Å²) in [5, 5.41) is 13.7. The van der Waals surface area contributed by atoms with Crippen molar-refractivity contribution < 1.29 is 29.0 Å². The summed E-state index contributed by atoms with van der Waals surface area (Å²) in [6, 6.07) is 0. The zero-order valence-corrected chi connectivity index (χ0v) is 21.5. The van der Waals surface area contributed by atoms with Gasteiger partial charge in [0.1, 0.15) is 18.0 Å². The molecular formula is C28H41NO6. The van der Waals surface area contributed by atoms with Crippen LogP contribution >= 0.6 is 0 Å². The third-order valence-electron chi connectivity index (χ3n) is 6.78. The number of aliphatic hydroxyl groups is 1. The Morgan fingerprint density at radius 3 is 2.71 bits per heavy atom. The Morgan fingerprint density at radius 1 is 1.31 bits per heavy atom. The van der Waals surface area contributed by atoms with Crippen LogP contribution in [0.25, 0.3) is 0 Å². The zero-order chi connectivity index (χ0) is 26.0. The van der Waals surface area contributed by atoms with E-state index in [-0.39, 0.29) is 23.5 Å². The summed E-state index contributed by atoms with van der Waals surface area (Å²) in [7, 11) is 1.54. The molecule has 0 aromatic heterocycles. The number of aliphatic hydroxyl groups excluding tert-OH is 1. The van der Waals surface area contributed by atoms with Gasteiger partial charge in [0.05, 0.1) is 6.10 Å². The molecule has 0 aromatic carbocycles. The van der Waals surface area contributed by atoms with Crippen molar-refractivity contribution in [2.45, 2.75) is 84.0 Å². The van der Waals surface area contributed by atoms with Crippen molar-refractivity contribution in [2.24, 2.45) is 17.8 Å². The van der Waals surface area contributed by atoms with E-state index in [1.54, 1.807) is 6.08 Å². The number of amides is 1. The first-order valence-corrected chi connectivity index (χ1v) is 12.6. The SMILES string of the molecule is C=C1CC(CCCC(=O)[C@@H](C)/C=C(\C)[C@@H]2OC(=O)/C=C/CC/C=C/[C@H](OC)[C@@H](O)[C@@H]2C)CC(=O)N1. The van der Waals surface area contributed by atoms with E-state index in [1.165, 1.54) is 13.2 Å². The number of carbonyl (C=O) groups is 3. The van der Waals surface area contributed by atoms with E-state index in [2.05, 4.69) is 11.9 Å². The van der Waals surface area contributed by atoms with Gasteiger partial charge in [-0.2, -0.15) is 0 Å². The van der Waals surface area contributed by atoms with E-state index >= 15 is 0 Å². The minimum absolute atomic E-state index is 0.00608. The largest absolute Gasteiger partial charge is 0.454 e. The average molecular weight is 488 g/mol. The van der Waals surface area contributed by atoms with Crippen LogP contribution in [0.3, 0.4) is 0 Å². The number of cyclic esters (lactones) is 1. The third-order valence-corrected chi connectivity index (χ3v) is 6.78. The van der Waals surface area contributed by atoms with Gasteiger partial charge >= 0.3 is 5.97 Å². The molecule has 2 aliphatic heterocycles. The van der Waals surface area contributed by atoms with Gasteiger partial charge in [0.25, 0.3) is 0 Å².